The first-order valence-corrected chi connectivity index (χ1v) is 12.6. The fourth-order valence-corrected chi connectivity index (χ4v) is 6.18. The molecule has 0 aromatic carbocycles. The van der Waals surface area contributed by atoms with E-state index in [9.17, 15) is 0 Å². The molecule has 0 aliphatic heterocycles. The Hall–Kier alpha value is 1.06. The van der Waals surface area contributed by atoms with Crippen molar-refractivity contribution >= 4 is 19.9 Å². The van der Waals surface area contributed by atoms with E-state index < -0.39 is 23.3 Å². The second-order valence-electron chi connectivity index (χ2n) is 1.57. The van der Waals surface area contributed by atoms with Crippen LogP contribution in [0.25, 0.3) is 0 Å². The van der Waals surface area contributed by atoms with E-state index in [1.165, 1.54) is 3.08 Å². The van der Waals surface area contributed by atoms with Gasteiger partial charge in [-0.1, -0.05) is 0 Å². The van der Waals surface area contributed by atoms with Gasteiger partial charge >= 0.3 is 76.7 Å². The Labute approximate surface area is 76.2 Å². The summed E-state index contributed by atoms with van der Waals surface area (Å²) < 4.78 is 5.98. The number of halogens is 2. The normalized spacial score (nSPS) is 12.0. The number of allylic oxidation sites excluding steroid dienone is 1. The maximum atomic E-state index is 5.74. The van der Waals surface area contributed by atoms with Crippen LogP contribution in [-0.4, -0.2) is 7.11 Å². The number of ether oxygens (including phenoxy) is 1. The molecule has 0 aromatic rings. The Kier molecular flexibility index (Phi) is 6.49. The van der Waals surface area contributed by atoms with Gasteiger partial charge in [-0.15, -0.1) is 0 Å². The second kappa shape index (κ2) is 5.81. The van der Waals surface area contributed by atoms with Crippen molar-refractivity contribution in [1.29, 1.82) is 0 Å². The van der Waals surface area contributed by atoms with Crippen molar-refractivity contribution in [3.8, 4) is 0 Å². The predicted octanol–water partition coefficient (Wildman–Crippen LogP) is 2.69. The van der Waals surface area contributed by atoms with Crippen LogP contribution in [0.3, 0.4) is 0 Å². The minimum atomic E-state index is -1.29. The van der Waals surface area contributed by atoms with Crippen molar-refractivity contribution in [3.63, 3.8) is 0 Å². The maximum absolute atomic E-state index is 5.74. The van der Waals surface area contributed by atoms with Crippen molar-refractivity contribution in [1.82, 2.24) is 0 Å². The molecule has 0 radical (unpaired) electrons. The molecule has 50 valence electrons. The molecular formula is C5H8Cl2HgO. The van der Waals surface area contributed by atoms with Gasteiger partial charge in [-0.05, 0) is 0 Å². The van der Waals surface area contributed by atoms with Crippen LogP contribution in [0.5, 0.6) is 0 Å². The van der Waals surface area contributed by atoms with E-state index in [2.05, 4.69) is 0 Å². The molecule has 0 aliphatic carbocycles. The van der Waals surface area contributed by atoms with Crippen LogP contribution >= 0.6 is 19.9 Å². The van der Waals surface area contributed by atoms with Crippen LogP contribution in [0.2, 0.25) is 0 Å². The molecule has 0 atom stereocenters. The molecule has 0 aliphatic rings. The third-order valence-corrected chi connectivity index (χ3v) is 9.62. The van der Waals surface area contributed by atoms with Crippen molar-refractivity contribution < 1.29 is 28.1 Å². The number of methoxy groups -OCH3 is 1. The molecule has 0 saturated carbocycles. The summed E-state index contributed by atoms with van der Waals surface area (Å²) in [5, 5.41) is 0.522. The molecule has 0 spiro atoms. The second-order valence-corrected chi connectivity index (χ2v) is 8.61. The zero-order valence-corrected chi connectivity index (χ0v) is 12.6. The van der Waals surface area contributed by atoms with E-state index in [0.717, 1.165) is 6.42 Å². The van der Waals surface area contributed by atoms with Gasteiger partial charge in [0.15, 0.2) is 0 Å². The molecule has 0 saturated heterocycles. The monoisotopic (exact) mass is 356 g/mol. The molecular weight excluding hydrogens is 348 g/mol. The van der Waals surface area contributed by atoms with Crippen LogP contribution in [-0.2, 0) is 28.1 Å². The van der Waals surface area contributed by atoms with Gasteiger partial charge < -0.3 is 0 Å². The first kappa shape index (κ1) is 10.1. The first-order valence-electron chi connectivity index (χ1n) is 2.73. The van der Waals surface area contributed by atoms with Gasteiger partial charge in [-0.25, -0.2) is 0 Å². The van der Waals surface area contributed by atoms with Crippen LogP contribution in [0, 0.1) is 0 Å². The predicted molar refractivity (Wildman–Crippen MR) is 36.0 cm³/mol. The third-order valence-electron chi connectivity index (χ3n) is 1.05. The van der Waals surface area contributed by atoms with Crippen LogP contribution in [0.4, 0.5) is 0 Å². The Morgan fingerprint density at radius 2 is 2.22 bits per heavy atom. The fourth-order valence-electron chi connectivity index (χ4n) is 0.430. The average Bonchev–Trinajstić information content (AvgIpc) is 1.90. The molecule has 0 bridgehead atoms. The Bertz CT molecular complexity index is 108. The molecule has 0 N–H and O–H groups in total. The van der Waals surface area contributed by atoms with E-state index >= 15 is 0 Å². The molecule has 0 fully saturated rings. The zero-order valence-electron chi connectivity index (χ0n) is 5.58. The third kappa shape index (κ3) is 3.69. The number of hydrogen-bond acceptors (Lipinski definition) is 1. The summed E-state index contributed by atoms with van der Waals surface area (Å²) in [6.45, 7) is 2.04. The van der Waals surface area contributed by atoms with Crippen molar-refractivity contribution in [3.05, 3.63) is 8.30 Å². The van der Waals surface area contributed by atoms with E-state index in [4.69, 9.17) is 24.6 Å². The first-order chi connectivity index (χ1) is 4.26. The van der Waals surface area contributed by atoms with Crippen molar-refractivity contribution in [2.45, 2.75) is 13.3 Å². The quantitative estimate of drug-likeness (QED) is 0.559. The summed E-state index contributed by atoms with van der Waals surface area (Å²) in [4.78, 5) is 0. The van der Waals surface area contributed by atoms with Crippen molar-refractivity contribution in [2.24, 2.45) is 0 Å². The van der Waals surface area contributed by atoms with Gasteiger partial charge in [0.1, 0.15) is 0 Å². The van der Waals surface area contributed by atoms with E-state index in [0.29, 0.717) is 5.22 Å². The van der Waals surface area contributed by atoms with E-state index in [1.807, 2.05) is 6.92 Å². The Morgan fingerprint density at radius 1 is 1.67 bits per heavy atom. The van der Waals surface area contributed by atoms with Gasteiger partial charge in [0.05, 0.1) is 0 Å². The van der Waals surface area contributed by atoms with Gasteiger partial charge in [0.25, 0.3) is 0 Å². The van der Waals surface area contributed by atoms with Gasteiger partial charge in [0, 0.05) is 0 Å². The SMILES string of the molecule is CC/[C]([Hg][Cl])=C(\Cl)OC. The van der Waals surface area contributed by atoms with Crippen LogP contribution in [0.1, 0.15) is 13.3 Å². The topological polar surface area (TPSA) is 9.23 Å². The molecule has 0 rings (SSSR count). The van der Waals surface area contributed by atoms with E-state index in [-0.39, 0.29) is 0 Å². The summed E-state index contributed by atoms with van der Waals surface area (Å²) >= 11 is 4.37. The molecule has 9 heavy (non-hydrogen) atoms. The summed E-state index contributed by atoms with van der Waals surface area (Å²) in [5.74, 6) is 0. The minimum absolute atomic E-state index is 0.522. The average molecular weight is 356 g/mol. The van der Waals surface area contributed by atoms with Gasteiger partial charge in [-0.3, -0.25) is 0 Å². The summed E-state index contributed by atoms with van der Waals surface area (Å²) in [5.41, 5.74) is 0. The van der Waals surface area contributed by atoms with Gasteiger partial charge in [-0.2, -0.15) is 0 Å². The molecule has 0 heterocycles. The Morgan fingerprint density at radius 3 is 2.33 bits per heavy atom. The van der Waals surface area contributed by atoms with E-state index in [1.54, 1.807) is 7.11 Å². The fraction of sp³-hybridized carbons (Fsp3) is 0.600. The standard InChI is InChI=1S/C5H8ClO.ClH.Hg/c1-3-4-5(6)7-2;;/h3H2,1-2H3;1H;/q;;+1/p-1. The summed E-state index contributed by atoms with van der Waals surface area (Å²) in [6.07, 6.45) is 0.942. The molecule has 1 nitrogen and oxygen atoms in total. The number of rotatable bonds is 3. The molecule has 0 unspecified atom stereocenters. The van der Waals surface area contributed by atoms with Crippen LogP contribution < -0.4 is 0 Å². The summed E-state index contributed by atoms with van der Waals surface area (Å²) in [7, 11) is 7.31. The Balaban J connectivity index is 4.01. The van der Waals surface area contributed by atoms with Gasteiger partial charge in [0.2, 0.25) is 0 Å². The molecule has 0 aromatic heterocycles. The molecule has 0 amide bonds. The molecule has 4 heteroatoms. The summed E-state index contributed by atoms with van der Waals surface area (Å²) in [6, 6.07) is 0. The van der Waals surface area contributed by atoms with Crippen LogP contribution in [0.15, 0.2) is 8.30 Å². The zero-order chi connectivity index (χ0) is 7.28. The van der Waals surface area contributed by atoms with Crippen molar-refractivity contribution in [2.75, 3.05) is 7.11 Å². The number of hydrogen-bond donors (Lipinski definition) is 0.